The Bertz CT molecular complexity index is 277. The van der Waals surface area contributed by atoms with E-state index in [9.17, 15) is 5.11 Å². The van der Waals surface area contributed by atoms with Crippen molar-refractivity contribution < 1.29 is 15.3 Å². The second-order valence-electron chi connectivity index (χ2n) is 3.37. The van der Waals surface area contributed by atoms with E-state index in [-0.39, 0.29) is 6.54 Å². The van der Waals surface area contributed by atoms with Crippen molar-refractivity contribution in [3.63, 3.8) is 0 Å². The van der Waals surface area contributed by atoms with Crippen LogP contribution in [0.3, 0.4) is 0 Å². The molecule has 6 nitrogen and oxygen atoms in total. The molecule has 1 aromatic rings. The predicted octanol–water partition coefficient (Wildman–Crippen LogP) is -1.18. The fraction of sp³-hybridized carbons (Fsp3) is 0.714. The van der Waals surface area contributed by atoms with Gasteiger partial charge in [0, 0.05) is 0 Å². The molecule has 0 bridgehead atoms. The number of hydrogen-bond acceptors (Lipinski definition) is 5. The maximum atomic E-state index is 9.50. The molecule has 3 N–H and O–H groups in total. The largest absolute Gasteiger partial charge is 0.384 e. The normalized spacial score (nSPS) is 12.5. The van der Waals surface area contributed by atoms with Gasteiger partial charge >= 0.3 is 0 Å². The van der Waals surface area contributed by atoms with Crippen molar-refractivity contribution in [2.24, 2.45) is 0 Å². The van der Waals surface area contributed by atoms with Gasteiger partial charge in [0.2, 0.25) is 0 Å². The van der Waals surface area contributed by atoms with Crippen molar-refractivity contribution in [3.8, 4) is 0 Å². The highest BCUT2D eigenvalue weighted by Crippen LogP contribution is 2.15. The van der Waals surface area contributed by atoms with Gasteiger partial charge in [-0.3, -0.25) is 0 Å². The van der Waals surface area contributed by atoms with Crippen molar-refractivity contribution in [2.75, 3.05) is 0 Å². The van der Waals surface area contributed by atoms with Crippen LogP contribution in [-0.2, 0) is 12.1 Å². The number of aromatic nitrogens is 3. The smallest absolute Gasteiger partial charge is 0.171 e. The Labute approximate surface area is 75.4 Å². The van der Waals surface area contributed by atoms with E-state index < -0.39 is 11.9 Å². The van der Waals surface area contributed by atoms with Crippen LogP contribution in [0.15, 0.2) is 6.20 Å². The molecule has 0 aliphatic rings. The molecule has 0 aliphatic heterocycles. The van der Waals surface area contributed by atoms with Gasteiger partial charge in [0.05, 0.1) is 12.7 Å². The molecule has 0 aromatic carbocycles. The van der Waals surface area contributed by atoms with E-state index >= 15 is 0 Å². The minimum absolute atomic E-state index is 0.0525. The Morgan fingerprint density at radius 1 is 1.54 bits per heavy atom. The van der Waals surface area contributed by atoms with E-state index in [1.165, 1.54) is 10.9 Å². The van der Waals surface area contributed by atoms with E-state index in [4.69, 9.17) is 10.2 Å². The molecule has 0 spiro atoms. The Balaban J connectivity index is 2.75. The van der Waals surface area contributed by atoms with Crippen LogP contribution in [0.4, 0.5) is 0 Å². The van der Waals surface area contributed by atoms with Gasteiger partial charge < -0.3 is 15.3 Å². The van der Waals surface area contributed by atoms with E-state index in [2.05, 4.69) is 10.3 Å². The topological polar surface area (TPSA) is 91.4 Å². The van der Waals surface area contributed by atoms with E-state index in [1.54, 1.807) is 13.8 Å². The average Bonchev–Trinajstić information content (AvgIpc) is 2.32. The summed E-state index contributed by atoms with van der Waals surface area (Å²) >= 11 is 0. The second kappa shape index (κ2) is 3.41. The molecular weight excluding hydrogens is 174 g/mol. The third-order valence-electron chi connectivity index (χ3n) is 1.52. The van der Waals surface area contributed by atoms with Crippen LogP contribution in [0.5, 0.6) is 0 Å². The van der Waals surface area contributed by atoms with Gasteiger partial charge in [-0.25, -0.2) is 4.68 Å². The lowest BCUT2D eigenvalue weighted by atomic mass is 10.1. The third-order valence-corrected chi connectivity index (χ3v) is 1.52. The monoisotopic (exact) mass is 187 g/mol. The molecule has 0 aliphatic carbocycles. The molecule has 0 unspecified atom stereocenters. The number of rotatable bonds is 3. The number of nitrogens with zero attached hydrogens (tertiary/aromatic N) is 3. The first-order valence-electron chi connectivity index (χ1n) is 3.88. The standard InChI is InChI=1S/C7H13N3O3/c1-7(2,13)5-3-10(9-8-5)4-6(11)12/h3,6,11-13H,4H2,1-2H3. The minimum atomic E-state index is -1.46. The first-order valence-corrected chi connectivity index (χ1v) is 3.88. The van der Waals surface area contributed by atoms with Gasteiger partial charge in [-0.1, -0.05) is 5.21 Å². The van der Waals surface area contributed by atoms with Crippen molar-refractivity contribution in [3.05, 3.63) is 11.9 Å². The van der Waals surface area contributed by atoms with Crippen molar-refractivity contribution in [2.45, 2.75) is 32.3 Å². The molecule has 6 heteroatoms. The predicted molar refractivity (Wildman–Crippen MR) is 43.5 cm³/mol. The van der Waals surface area contributed by atoms with Gasteiger partial charge in [0.25, 0.3) is 0 Å². The Hall–Kier alpha value is -0.980. The number of aliphatic hydroxyl groups is 3. The highest BCUT2D eigenvalue weighted by atomic mass is 16.5. The summed E-state index contributed by atoms with van der Waals surface area (Å²) in [7, 11) is 0. The quantitative estimate of drug-likeness (QED) is 0.518. The van der Waals surface area contributed by atoms with Crippen molar-refractivity contribution in [1.29, 1.82) is 0 Å². The molecule has 74 valence electrons. The van der Waals surface area contributed by atoms with Gasteiger partial charge in [-0.2, -0.15) is 0 Å². The van der Waals surface area contributed by atoms with Crippen LogP contribution < -0.4 is 0 Å². The number of hydrogen-bond donors (Lipinski definition) is 3. The van der Waals surface area contributed by atoms with E-state index in [1.807, 2.05) is 0 Å². The van der Waals surface area contributed by atoms with Gasteiger partial charge in [-0.05, 0) is 13.8 Å². The van der Waals surface area contributed by atoms with Gasteiger partial charge in [0.15, 0.2) is 6.29 Å². The first-order chi connectivity index (χ1) is 5.89. The lowest BCUT2D eigenvalue weighted by molar-refractivity contribution is -0.0538. The van der Waals surface area contributed by atoms with Crippen molar-refractivity contribution in [1.82, 2.24) is 15.0 Å². The zero-order valence-electron chi connectivity index (χ0n) is 7.55. The molecule has 0 saturated heterocycles. The molecular formula is C7H13N3O3. The Morgan fingerprint density at radius 2 is 2.15 bits per heavy atom. The summed E-state index contributed by atoms with van der Waals surface area (Å²) in [5.41, 5.74) is -0.660. The van der Waals surface area contributed by atoms with Crippen molar-refractivity contribution >= 4 is 0 Å². The molecule has 0 atom stereocenters. The van der Waals surface area contributed by atoms with Gasteiger partial charge in [0.1, 0.15) is 11.3 Å². The van der Waals surface area contributed by atoms with Crippen LogP contribution in [0.1, 0.15) is 19.5 Å². The SMILES string of the molecule is CC(C)(O)c1cn(CC(O)O)nn1. The highest BCUT2D eigenvalue weighted by Gasteiger charge is 2.20. The van der Waals surface area contributed by atoms with E-state index in [0.717, 1.165) is 0 Å². The van der Waals surface area contributed by atoms with Gasteiger partial charge in [-0.15, -0.1) is 5.10 Å². The summed E-state index contributed by atoms with van der Waals surface area (Å²) in [6.45, 7) is 3.11. The fourth-order valence-electron chi connectivity index (χ4n) is 0.835. The van der Waals surface area contributed by atoms with Crippen LogP contribution in [0, 0.1) is 0 Å². The highest BCUT2D eigenvalue weighted by molar-refractivity contribution is 5.02. The molecule has 13 heavy (non-hydrogen) atoms. The summed E-state index contributed by atoms with van der Waals surface area (Å²) in [5.74, 6) is 0. The third kappa shape index (κ3) is 2.76. The average molecular weight is 187 g/mol. The lowest BCUT2D eigenvalue weighted by Crippen LogP contribution is -2.16. The second-order valence-corrected chi connectivity index (χ2v) is 3.37. The van der Waals surface area contributed by atoms with Crippen LogP contribution >= 0.6 is 0 Å². The summed E-state index contributed by atoms with van der Waals surface area (Å²) in [6, 6.07) is 0. The molecule has 0 amide bonds. The molecule has 1 rings (SSSR count). The van der Waals surface area contributed by atoms with E-state index in [0.29, 0.717) is 5.69 Å². The molecule has 0 fully saturated rings. The Kier molecular flexibility index (Phi) is 2.65. The summed E-state index contributed by atoms with van der Waals surface area (Å²) in [4.78, 5) is 0. The van der Waals surface area contributed by atoms with Crippen LogP contribution in [0.2, 0.25) is 0 Å². The maximum Gasteiger partial charge on any atom is 0.171 e. The minimum Gasteiger partial charge on any atom is -0.384 e. The molecule has 1 heterocycles. The summed E-state index contributed by atoms with van der Waals surface area (Å²) in [5, 5.41) is 34.0. The molecule has 1 aromatic heterocycles. The summed E-state index contributed by atoms with van der Waals surface area (Å²) < 4.78 is 1.26. The fourth-order valence-corrected chi connectivity index (χ4v) is 0.835. The number of aliphatic hydroxyl groups excluding tert-OH is 1. The van der Waals surface area contributed by atoms with Crippen LogP contribution in [-0.4, -0.2) is 36.6 Å². The summed E-state index contributed by atoms with van der Waals surface area (Å²) in [6.07, 6.45) is 0.00996. The Morgan fingerprint density at radius 3 is 2.54 bits per heavy atom. The lowest BCUT2D eigenvalue weighted by Gasteiger charge is -2.11. The zero-order valence-corrected chi connectivity index (χ0v) is 7.55. The zero-order chi connectivity index (χ0) is 10.1. The van der Waals surface area contributed by atoms with Crippen LogP contribution in [0.25, 0.3) is 0 Å². The molecule has 0 radical (unpaired) electrons. The first kappa shape index (κ1) is 10.1. The molecule has 0 saturated carbocycles. The maximum absolute atomic E-state index is 9.50.